The van der Waals surface area contributed by atoms with Crippen LogP contribution >= 0.6 is 29.1 Å². The Hall–Kier alpha value is -0.0400. The minimum Gasteiger partial charge on any atom is -0.377 e. The highest BCUT2D eigenvalue weighted by molar-refractivity contribution is 8.09. The first kappa shape index (κ1) is 11.0. The van der Waals surface area contributed by atoms with E-state index in [9.17, 15) is 4.39 Å². The molecule has 0 aliphatic carbocycles. The van der Waals surface area contributed by atoms with Crippen molar-refractivity contribution in [2.75, 3.05) is 19.0 Å². The summed E-state index contributed by atoms with van der Waals surface area (Å²) in [6, 6.07) is 4.41. The van der Waals surface area contributed by atoms with Gasteiger partial charge in [-0.3, -0.25) is 0 Å². The predicted molar refractivity (Wildman–Crippen MR) is 59.0 cm³/mol. The van der Waals surface area contributed by atoms with Gasteiger partial charge in [0.05, 0.1) is 0 Å². The molecule has 1 rings (SSSR count). The summed E-state index contributed by atoms with van der Waals surface area (Å²) in [7, 11) is 3.65. The molecule has 0 spiro atoms. The van der Waals surface area contributed by atoms with Gasteiger partial charge in [-0.2, -0.15) is 0 Å². The lowest BCUT2D eigenvalue weighted by molar-refractivity contribution is 0.628. The van der Waals surface area contributed by atoms with Crippen LogP contribution in [-0.4, -0.2) is 14.1 Å². The molecule has 0 aliphatic heterocycles. The van der Waals surface area contributed by atoms with Crippen molar-refractivity contribution in [1.82, 2.24) is 0 Å². The van der Waals surface area contributed by atoms with Gasteiger partial charge in [-0.05, 0) is 18.2 Å². The average molecular weight is 240 g/mol. The Bertz CT molecular complexity index is 304. The van der Waals surface area contributed by atoms with Gasteiger partial charge in [0.25, 0.3) is 0 Å². The standard InChI is InChI=1S/C8H9Cl2FNP/c1-12(2)7-5-6(11)3-4-8(7)13(9)10/h3-5H,1-2H3. The summed E-state index contributed by atoms with van der Waals surface area (Å²) in [6.45, 7) is -1.23. The largest absolute Gasteiger partial charge is 0.377 e. The van der Waals surface area contributed by atoms with E-state index in [1.165, 1.54) is 12.1 Å². The SMILES string of the molecule is CN(C)c1cc(F)ccc1P(Cl)Cl. The van der Waals surface area contributed by atoms with Crippen LogP contribution < -0.4 is 10.2 Å². The summed E-state index contributed by atoms with van der Waals surface area (Å²) in [5.41, 5.74) is 0.733. The molecule has 0 unspecified atom stereocenters. The summed E-state index contributed by atoms with van der Waals surface area (Å²) >= 11 is 11.6. The quantitative estimate of drug-likeness (QED) is 0.717. The highest BCUT2D eigenvalue weighted by Crippen LogP contribution is 2.47. The number of nitrogens with zero attached hydrogens (tertiary/aromatic N) is 1. The van der Waals surface area contributed by atoms with E-state index >= 15 is 0 Å². The smallest absolute Gasteiger partial charge is 0.125 e. The topological polar surface area (TPSA) is 3.24 Å². The van der Waals surface area contributed by atoms with Gasteiger partial charge in [-0.1, -0.05) is 22.5 Å². The molecule has 13 heavy (non-hydrogen) atoms. The fraction of sp³-hybridized carbons (Fsp3) is 0.250. The molecule has 1 nitrogen and oxygen atoms in total. The van der Waals surface area contributed by atoms with Crippen molar-refractivity contribution < 1.29 is 4.39 Å². The van der Waals surface area contributed by atoms with Crippen LogP contribution in [-0.2, 0) is 0 Å². The monoisotopic (exact) mass is 239 g/mol. The highest BCUT2D eigenvalue weighted by atomic mass is 35.9. The van der Waals surface area contributed by atoms with Gasteiger partial charge in [-0.15, -0.1) is 0 Å². The zero-order chi connectivity index (χ0) is 10.0. The first-order chi connectivity index (χ1) is 6.02. The van der Waals surface area contributed by atoms with Gasteiger partial charge in [0.2, 0.25) is 0 Å². The van der Waals surface area contributed by atoms with E-state index in [4.69, 9.17) is 22.5 Å². The number of hydrogen-bond acceptors (Lipinski definition) is 1. The van der Waals surface area contributed by atoms with Gasteiger partial charge in [0, 0.05) is 25.1 Å². The van der Waals surface area contributed by atoms with Gasteiger partial charge in [0.15, 0.2) is 0 Å². The van der Waals surface area contributed by atoms with Crippen LogP contribution in [0.2, 0.25) is 0 Å². The molecule has 0 atom stereocenters. The molecule has 0 aromatic heterocycles. The zero-order valence-electron chi connectivity index (χ0n) is 7.26. The van der Waals surface area contributed by atoms with Gasteiger partial charge < -0.3 is 4.90 Å². The maximum absolute atomic E-state index is 12.9. The van der Waals surface area contributed by atoms with Crippen molar-refractivity contribution in [1.29, 1.82) is 0 Å². The van der Waals surface area contributed by atoms with Crippen molar-refractivity contribution >= 4 is 40.1 Å². The molecule has 0 aliphatic rings. The second-order valence-corrected chi connectivity index (χ2v) is 6.26. The van der Waals surface area contributed by atoms with Gasteiger partial charge in [0.1, 0.15) is 12.4 Å². The van der Waals surface area contributed by atoms with Crippen molar-refractivity contribution in [3.63, 3.8) is 0 Å². The van der Waals surface area contributed by atoms with E-state index in [-0.39, 0.29) is 5.82 Å². The number of anilines is 1. The predicted octanol–water partition coefficient (Wildman–Crippen LogP) is 3.31. The van der Waals surface area contributed by atoms with E-state index < -0.39 is 6.63 Å². The number of halogens is 3. The molecule has 0 saturated heterocycles. The molecule has 0 bridgehead atoms. The van der Waals surface area contributed by atoms with E-state index in [1.54, 1.807) is 11.0 Å². The van der Waals surface area contributed by atoms with Gasteiger partial charge in [-0.25, -0.2) is 4.39 Å². The summed E-state index contributed by atoms with van der Waals surface area (Å²) in [6.07, 6.45) is 0. The van der Waals surface area contributed by atoms with E-state index in [0.29, 0.717) is 0 Å². The second kappa shape index (κ2) is 4.45. The number of benzene rings is 1. The third-order valence-corrected chi connectivity index (χ3v) is 3.44. The molecular formula is C8H9Cl2FNP. The lowest BCUT2D eigenvalue weighted by atomic mass is 10.3. The molecule has 0 saturated carbocycles. The molecule has 0 amide bonds. The molecular weight excluding hydrogens is 231 g/mol. The Balaban J connectivity index is 3.19. The Kier molecular flexibility index (Phi) is 3.78. The zero-order valence-corrected chi connectivity index (χ0v) is 9.67. The van der Waals surface area contributed by atoms with Crippen LogP contribution in [0.3, 0.4) is 0 Å². The van der Waals surface area contributed by atoms with E-state index in [0.717, 1.165) is 11.0 Å². The van der Waals surface area contributed by atoms with Crippen molar-refractivity contribution in [2.24, 2.45) is 0 Å². The Labute approximate surface area is 87.8 Å². The third kappa shape index (κ3) is 2.70. The minimum absolute atomic E-state index is 0.280. The van der Waals surface area contributed by atoms with Crippen LogP contribution in [0, 0.1) is 5.82 Å². The lowest BCUT2D eigenvalue weighted by Crippen LogP contribution is -2.16. The second-order valence-electron chi connectivity index (χ2n) is 2.76. The molecule has 1 aromatic rings. The van der Waals surface area contributed by atoms with Crippen LogP contribution in [0.1, 0.15) is 0 Å². The van der Waals surface area contributed by atoms with Crippen LogP contribution in [0.25, 0.3) is 0 Å². The maximum Gasteiger partial charge on any atom is 0.125 e. The van der Waals surface area contributed by atoms with Crippen LogP contribution in [0.15, 0.2) is 18.2 Å². The molecule has 1 aromatic carbocycles. The van der Waals surface area contributed by atoms with Crippen LogP contribution in [0.4, 0.5) is 10.1 Å². The fourth-order valence-electron chi connectivity index (χ4n) is 0.998. The fourth-order valence-corrected chi connectivity index (χ4v) is 2.48. The van der Waals surface area contributed by atoms with Gasteiger partial charge >= 0.3 is 0 Å². The molecule has 5 heteroatoms. The Morgan fingerprint density at radius 3 is 2.38 bits per heavy atom. The normalized spacial score (nSPS) is 10.6. The number of rotatable bonds is 2. The van der Waals surface area contributed by atoms with E-state index in [2.05, 4.69) is 0 Å². The highest BCUT2D eigenvalue weighted by Gasteiger charge is 2.12. The maximum atomic E-state index is 12.9. The molecule has 72 valence electrons. The lowest BCUT2D eigenvalue weighted by Gasteiger charge is -2.17. The van der Waals surface area contributed by atoms with Crippen molar-refractivity contribution in [3.8, 4) is 0 Å². The van der Waals surface area contributed by atoms with Crippen molar-refractivity contribution in [2.45, 2.75) is 0 Å². The average Bonchev–Trinajstić information content (AvgIpc) is 2.03. The van der Waals surface area contributed by atoms with E-state index in [1.807, 2.05) is 14.1 Å². The summed E-state index contributed by atoms with van der Waals surface area (Å²) in [4.78, 5) is 1.79. The summed E-state index contributed by atoms with van der Waals surface area (Å²) in [5.74, 6) is -0.280. The molecule has 0 N–H and O–H groups in total. The van der Waals surface area contributed by atoms with Crippen molar-refractivity contribution in [3.05, 3.63) is 24.0 Å². The third-order valence-electron chi connectivity index (χ3n) is 1.60. The molecule has 0 heterocycles. The first-order valence-electron chi connectivity index (χ1n) is 3.61. The Morgan fingerprint density at radius 1 is 1.31 bits per heavy atom. The molecule has 0 radical (unpaired) electrons. The Morgan fingerprint density at radius 2 is 1.92 bits per heavy atom. The summed E-state index contributed by atoms with van der Waals surface area (Å²) < 4.78 is 12.9. The first-order valence-corrected chi connectivity index (χ1v) is 6.76. The minimum atomic E-state index is -1.23. The number of hydrogen-bond donors (Lipinski definition) is 0. The summed E-state index contributed by atoms with van der Waals surface area (Å²) in [5, 5.41) is 0.782. The van der Waals surface area contributed by atoms with Crippen LogP contribution in [0.5, 0.6) is 0 Å². The molecule has 0 fully saturated rings.